The van der Waals surface area contributed by atoms with Crippen molar-refractivity contribution in [3.63, 3.8) is 0 Å². The molecule has 0 aliphatic carbocycles. The molecule has 0 aromatic carbocycles. The molecule has 0 aromatic rings. The molecule has 0 saturated heterocycles. The molecule has 0 aliphatic rings. The van der Waals surface area contributed by atoms with E-state index in [-0.39, 0.29) is 6.61 Å². The van der Waals surface area contributed by atoms with Gasteiger partial charge in [-0.3, -0.25) is 4.79 Å². The van der Waals surface area contributed by atoms with Gasteiger partial charge in [-0.25, -0.2) is 4.79 Å². The van der Waals surface area contributed by atoms with Crippen molar-refractivity contribution in [1.82, 2.24) is 0 Å². The summed E-state index contributed by atoms with van der Waals surface area (Å²) < 4.78 is 4.20. The van der Waals surface area contributed by atoms with Crippen molar-refractivity contribution in [2.24, 2.45) is 0 Å². The van der Waals surface area contributed by atoms with E-state index in [1.54, 1.807) is 0 Å². The normalized spacial score (nSPS) is 12.2. The van der Waals surface area contributed by atoms with Gasteiger partial charge in [0.2, 0.25) is 0 Å². The fourth-order valence-corrected chi connectivity index (χ4v) is 0.237. The Bertz CT molecular complexity index is 108. The Hall–Kier alpha value is -0.900. The Kier molecular flexibility index (Phi) is 3.62. The molecule has 0 heterocycles. The number of esters is 1. The molecule has 0 rings (SSSR count). The molecule has 4 heteroatoms. The van der Waals surface area contributed by atoms with E-state index >= 15 is 0 Å². The van der Waals surface area contributed by atoms with Crippen LogP contribution in [0.2, 0.25) is 0 Å². The van der Waals surface area contributed by atoms with Gasteiger partial charge in [-0.15, -0.1) is 0 Å². The lowest BCUT2D eigenvalue weighted by Crippen LogP contribution is -2.19. The molecule has 0 fully saturated rings. The van der Waals surface area contributed by atoms with Crippen LogP contribution in [0.5, 0.6) is 0 Å². The maximum atomic E-state index is 10.3. The van der Waals surface area contributed by atoms with E-state index in [4.69, 9.17) is 5.11 Å². The lowest BCUT2D eigenvalue weighted by atomic mass is 10.4. The van der Waals surface area contributed by atoms with Gasteiger partial charge >= 0.3 is 5.97 Å². The van der Waals surface area contributed by atoms with E-state index < -0.39 is 12.1 Å². The topological polar surface area (TPSA) is 63.6 Å². The second-order valence-corrected chi connectivity index (χ2v) is 1.47. The summed E-state index contributed by atoms with van der Waals surface area (Å²) in [6, 6.07) is 0. The fraction of sp³-hybridized carbons (Fsp3) is 0.600. The molecular weight excluding hydrogens is 124 g/mol. The van der Waals surface area contributed by atoms with Crippen LogP contribution >= 0.6 is 0 Å². The van der Waals surface area contributed by atoms with Gasteiger partial charge in [0, 0.05) is 0 Å². The Morgan fingerprint density at radius 2 is 2.44 bits per heavy atom. The predicted octanol–water partition coefficient (Wildman–Crippen LogP) is -0.891. The third kappa shape index (κ3) is 3.66. The van der Waals surface area contributed by atoms with Crippen LogP contribution < -0.4 is 0 Å². The van der Waals surface area contributed by atoms with E-state index in [2.05, 4.69) is 4.74 Å². The summed E-state index contributed by atoms with van der Waals surface area (Å²) in [5.41, 5.74) is 0. The highest BCUT2D eigenvalue weighted by molar-refractivity contribution is 5.75. The Labute approximate surface area is 52.4 Å². The molecule has 0 aliphatic heterocycles. The van der Waals surface area contributed by atoms with Gasteiger partial charge in [0.25, 0.3) is 0 Å². The largest absolute Gasteiger partial charge is 0.456 e. The van der Waals surface area contributed by atoms with Gasteiger partial charge < -0.3 is 9.84 Å². The zero-order chi connectivity index (χ0) is 7.28. The first-order valence-corrected chi connectivity index (χ1v) is 2.47. The fourth-order valence-electron chi connectivity index (χ4n) is 0.237. The van der Waals surface area contributed by atoms with Gasteiger partial charge in [0.1, 0.15) is 12.7 Å². The third-order valence-electron chi connectivity index (χ3n) is 0.635. The quantitative estimate of drug-likeness (QED) is 0.399. The summed E-state index contributed by atoms with van der Waals surface area (Å²) in [4.78, 5) is 19.8. The lowest BCUT2D eigenvalue weighted by molar-refractivity contribution is -0.153. The van der Waals surface area contributed by atoms with Gasteiger partial charge in [0.05, 0.1) is 0 Å². The smallest absolute Gasteiger partial charge is 0.335 e. The first kappa shape index (κ1) is 8.10. The third-order valence-corrected chi connectivity index (χ3v) is 0.635. The molecule has 0 spiro atoms. The van der Waals surface area contributed by atoms with Crippen LogP contribution in [0.25, 0.3) is 0 Å². The highest BCUT2D eigenvalue weighted by atomic mass is 16.5. The minimum Gasteiger partial charge on any atom is -0.456 e. The number of rotatable bonds is 3. The number of carbonyl (C=O) groups is 2. The molecule has 0 radical (unpaired) electrons. The van der Waals surface area contributed by atoms with E-state index in [0.717, 1.165) is 0 Å². The van der Waals surface area contributed by atoms with Gasteiger partial charge in [-0.1, -0.05) is 0 Å². The van der Waals surface area contributed by atoms with Crippen LogP contribution in [-0.4, -0.2) is 30.1 Å². The van der Waals surface area contributed by atoms with Crippen molar-refractivity contribution in [2.75, 3.05) is 6.61 Å². The van der Waals surface area contributed by atoms with Crippen molar-refractivity contribution < 1.29 is 19.4 Å². The molecule has 9 heavy (non-hydrogen) atoms. The lowest BCUT2D eigenvalue weighted by Gasteiger charge is -2.00. The molecule has 0 saturated carbocycles. The van der Waals surface area contributed by atoms with Crippen LogP contribution in [0.4, 0.5) is 0 Å². The second kappa shape index (κ2) is 4.03. The monoisotopic (exact) mass is 132 g/mol. The summed E-state index contributed by atoms with van der Waals surface area (Å²) in [5, 5.41) is 8.46. The van der Waals surface area contributed by atoms with Gasteiger partial charge in [0.15, 0.2) is 6.29 Å². The summed E-state index contributed by atoms with van der Waals surface area (Å²) in [5.74, 6) is -0.776. The summed E-state index contributed by atoms with van der Waals surface area (Å²) >= 11 is 0. The van der Waals surface area contributed by atoms with E-state index in [1.165, 1.54) is 6.92 Å². The minimum absolute atomic E-state index is 0.288. The number of carbonyl (C=O) groups excluding carboxylic acids is 2. The van der Waals surface area contributed by atoms with Crippen molar-refractivity contribution >= 4 is 12.3 Å². The average molecular weight is 132 g/mol. The molecule has 1 N–H and O–H groups in total. The standard InChI is InChI=1S/C5H8O4/c1-4(7)5(8)9-3-2-6/h2,4,7H,3H2,1H3. The van der Waals surface area contributed by atoms with Crippen molar-refractivity contribution in [2.45, 2.75) is 13.0 Å². The number of hydrogen-bond acceptors (Lipinski definition) is 4. The van der Waals surface area contributed by atoms with Crippen molar-refractivity contribution in [3.05, 3.63) is 0 Å². The zero-order valence-corrected chi connectivity index (χ0v) is 5.03. The summed E-state index contributed by atoms with van der Waals surface area (Å²) in [7, 11) is 0. The highest BCUT2D eigenvalue weighted by Crippen LogP contribution is 1.83. The van der Waals surface area contributed by atoms with Crippen molar-refractivity contribution in [1.29, 1.82) is 0 Å². The number of aliphatic hydroxyl groups is 1. The highest BCUT2D eigenvalue weighted by Gasteiger charge is 2.08. The molecular formula is C5H8O4. The Morgan fingerprint density at radius 3 is 2.78 bits per heavy atom. The van der Waals surface area contributed by atoms with E-state index in [0.29, 0.717) is 6.29 Å². The maximum absolute atomic E-state index is 10.3. The average Bonchev–Trinajstić information content (AvgIpc) is 1.82. The molecule has 1 unspecified atom stereocenters. The number of hydrogen-bond donors (Lipinski definition) is 1. The predicted molar refractivity (Wildman–Crippen MR) is 28.7 cm³/mol. The number of aldehydes is 1. The molecule has 1 atom stereocenters. The first-order chi connectivity index (χ1) is 4.18. The molecule has 4 nitrogen and oxygen atoms in total. The van der Waals surface area contributed by atoms with Gasteiger partial charge in [-0.2, -0.15) is 0 Å². The van der Waals surface area contributed by atoms with Crippen molar-refractivity contribution in [3.8, 4) is 0 Å². The van der Waals surface area contributed by atoms with Crippen LogP contribution in [0, 0.1) is 0 Å². The maximum Gasteiger partial charge on any atom is 0.335 e. The Balaban J connectivity index is 3.38. The van der Waals surface area contributed by atoms with Gasteiger partial charge in [-0.05, 0) is 6.92 Å². The zero-order valence-electron chi connectivity index (χ0n) is 5.03. The summed E-state index contributed by atoms with van der Waals surface area (Å²) in [6.07, 6.45) is -0.703. The van der Waals surface area contributed by atoms with E-state index in [1.807, 2.05) is 0 Å². The van der Waals surface area contributed by atoms with Crippen LogP contribution in [-0.2, 0) is 14.3 Å². The van der Waals surface area contributed by atoms with E-state index in [9.17, 15) is 9.59 Å². The minimum atomic E-state index is -1.15. The molecule has 0 bridgehead atoms. The van der Waals surface area contributed by atoms with Crippen LogP contribution in [0.1, 0.15) is 6.92 Å². The SMILES string of the molecule is CC(O)C(=O)OCC=O. The Morgan fingerprint density at radius 1 is 1.89 bits per heavy atom. The van der Waals surface area contributed by atoms with Crippen LogP contribution in [0.3, 0.4) is 0 Å². The molecule has 52 valence electrons. The molecule has 0 aromatic heterocycles. The first-order valence-electron chi connectivity index (χ1n) is 2.47. The summed E-state index contributed by atoms with van der Waals surface area (Å²) in [6.45, 7) is 0.983. The molecule has 0 amide bonds. The van der Waals surface area contributed by atoms with Crippen LogP contribution in [0.15, 0.2) is 0 Å². The number of ether oxygens (including phenoxy) is 1. The number of aliphatic hydroxyl groups excluding tert-OH is 1. The second-order valence-electron chi connectivity index (χ2n) is 1.47.